The highest BCUT2D eigenvalue weighted by Crippen LogP contribution is 2.38. The molecular weight excluding hydrogens is 388 g/mol. The summed E-state index contributed by atoms with van der Waals surface area (Å²) in [5.41, 5.74) is 0.495. The minimum absolute atomic E-state index is 0.123. The molecule has 0 spiro atoms. The van der Waals surface area contributed by atoms with E-state index < -0.39 is 11.7 Å². The van der Waals surface area contributed by atoms with Gasteiger partial charge in [0.1, 0.15) is 24.1 Å². The molecule has 3 rings (SSSR count). The molecule has 0 unspecified atom stereocenters. The van der Waals surface area contributed by atoms with Crippen molar-refractivity contribution in [1.29, 1.82) is 0 Å². The van der Waals surface area contributed by atoms with E-state index in [1.54, 1.807) is 4.90 Å². The first kappa shape index (κ1) is 18.5. The third kappa shape index (κ3) is 4.27. The summed E-state index contributed by atoms with van der Waals surface area (Å²) in [6.45, 7) is 8.44. The van der Waals surface area contributed by atoms with E-state index in [2.05, 4.69) is 20.8 Å². The number of halogens is 1. The smallest absolute Gasteiger partial charge is 0.410 e. The summed E-state index contributed by atoms with van der Waals surface area (Å²) in [7, 11) is 0. The summed E-state index contributed by atoms with van der Waals surface area (Å²) < 4.78 is 12.0. The van der Waals surface area contributed by atoms with Crippen molar-refractivity contribution < 1.29 is 19.4 Å². The average molecular weight is 413 g/mol. The first-order valence-corrected chi connectivity index (χ1v) is 9.36. The number of hydrogen-bond donors (Lipinski definition) is 1. The fraction of sp³-hybridized carbons (Fsp3) is 0.611. The number of ether oxygens (including phenoxy) is 2. The van der Waals surface area contributed by atoms with E-state index in [1.165, 1.54) is 0 Å². The molecule has 1 saturated heterocycles. The van der Waals surface area contributed by atoms with Gasteiger partial charge in [-0.1, -0.05) is 15.9 Å². The number of rotatable bonds is 1. The van der Waals surface area contributed by atoms with E-state index in [-0.39, 0.29) is 18.7 Å². The van der Waals surface area contributed by atoms with Crippen LogP contribution >= 0.6 is 15.9 Å². The lowest BCUT2D eigenvalue weighted by atomic mass is 9.96. The minimum Gasteiger partial charge on any atom is -0.490 e. The number of aliphatic hydroxyl groups is 1. The van der Waals surface area contributed by atoms with Gasteiger partial charge < -0.3 is 19.5 Å². The van der Waals surface area contributed by atoms with E-state index in [0.717, 1.165) is 15.8 Å². The van der Waals surface area contributed by atoms with Crippen LogP contribution in [0.5, 0.6) is 5.75 Å². The SMILES string of the molecule is CC(C)(C)OC(=O)N1CCN([C@H]2c3cc(Br)ccc3OC[C@@H]2O)CC1. The molecule has 2 atom stereocenters. The van der Waals surface area contributed by atoms with Gasteiger partial charge >= 0.3 is 6.09 Å². The first-order chi connectivity index (χ1) is 11.7. The lowest BCUT2D eigenvalue weighted by Crippen LogP contribution is -2.53. The van der Waals surface area contributed by atoms with Crippen LogP contribution in [0.4, 0.5) is 4.79 Å². The highest BCUT2D eigenvalue weighted by molar-refractivity contribution is 9.10. The van der Waals surface area contributed by atoms with Crippen molar-refractivity contribution in [2.75, 3.05) is 32.8 Å². The molecule has 0 bridgehead atoms. The third-order valence-electron chi connectivity index (χ3n) is 4.42. The van der Waals surface area contributed by atoms with Crippen LogP contribution in [0, 0.1) is 0 Å². The zero-order chi connectivity index (χ0) is 18.2. The topological polar surface area (TPSA) is 62.2 Å². The second kappa shape index (κ2) is 7.13. The highest BCUT2D eigenvalue weighted by Gasteiger charge is 2.37. The maximum absolute atomic E-state index is 12.2. The van der Waals surface area contributed by atoms with Crippen molar-refractivity contribution in [2.24, 2.45) is 0 Å². The Bertz CT molecular complexity index is 638. The maximum atomic E-state index is 12.2. The average Bonchev–Trinajstić information content (AvgIpc) is 2.53. The number of benzene rings is 1. The van der Waals surface area contributed by atoms with Gasteiger partial charge in [-0.25, -0.2) is 4.79 Å². The number of amides is 1. The van der Waals surface area contributed by atoms with Crippen LogP contribution in [0.15, 0.2) is 22.7 Å². The van der Waals surface area contributed by atoms with Crippen molar-refractivity contribution in [3.63, 3.8) is 0 Å². The summed E-state index contributed by atoms with van der Waals surface area (Å²) in [5.74, 6) is 0.813. The maximum Gasteiger partial charge on any atom is 0.410 e. The largest absolute Gasteiger partial charge is 0.490 e. The molecule has 7 heteroatoms. The highest BCUT2D eigenvalue weighted by atomic mass is 79.9. The van der Waals surface area contributed by atoms with Crippen molar-refractivity contribution in [1.82, 2.24) is 9.80 Å². The second-order valence-corrected chi connectivity index (χ2v) is 8.42. The Morgan fingerprint density at radius 3 is 2.60 bits per heavy atom. The lowest BCUT2D eigenvalue weighted by molar-refractivity contribution is -0.0255. The van der Waals surface area contributed by atoms with Gasteiger partial charge in [-0.2, -0.15) is 0 Å². The molecule has 2 heterocycles. The predicted molar refractivity (Wildman–Crippen MR) is 97.8 cm³/mol. The molecule has 1 fully saturated rings. The van der Waals surface area contributed by atoms with Crippen molar-refractivity contribution in [3.8, 4) is 5.75 Å². The molecule has 2 aliphatic heterocycles. The van der Waals surface area contributed by atoms with Gasteiger partial charge in [0.05, 0.1) is 6.04 Å². The number of fused-ring (bicyclic) bond motifs is 1. The third-order valence-corrected chi connectivity index (χ3v) is 4.92. The molecule has 0 aromatic heterocycles. The number of piperazine rings is 1. The lowest BCUT2D eigenvalue weighted by Gasteiger charge is -2.43. The van der Waals surface area contributed by atoms with Crippen LogP contribution in [0.2, 0.25) is 0 Å². The molecule has 1 amide bonds. The van der Waals surface area contributed by atoms with Crippen LogP contribution in [0.25, 0.3) is 0 Å². The Morgan fingerprint density at radius 1 is 1.28 bits per heavy atom. The summed E-state index contributed by atoms with van der Waals surface area (Å²) in [6.07, 6.45) is -0.863. The first-order valence-electron chi connectivity index (χ1n) is 8.57. The van der Waals surface area contributed by atoms with Gasteiger partial charge in [0.25, 0.3) is 0 Å². The van der Waals surface area contributed by atoms with E-state index in [0.29, 0.717) is 26.2 Å². The molecule has 25 heavy (non-hydrogen) atoms. The Morgan fingerprint density at radius 2 is 1.96 bits per heavy atom. The normalized spacial score (nSPS) is 24.4. The Kier molecular flexibility index (Phi) is 5.27. The molecule has 1 aromatic rings. The summed E-state index contributed by atoms with van der Waals surface area (Å²) in [5, 5.41) is 10.5. The number of hydrogen-bond acceptors (Lipinski definition) is 5. The molecule has 6 nitrogen and oxygen atoms in total. The summed E-state index contributed by atoms with van der Waals surface area (Å²) in [4.78, 5) is 16.2. The number of carbonyl (C=O) groups excluding carboxylic acids is 1. The summed E-state index contributed by atoms with van der Waals surface area (Å²) in [6, 6.07) is 5.74. The molecule has 1 N–H and O–H groups in total. The molecule has 0 aliphatic carbocycles. The van der Waals surface area contributed by atoms with Crippen LogP contribution < -0.4 is 4.74 Å². The van der Waals surface area contributed by atoms with E-state index in [1.807, 2.05) is 39.0 Å². The van der Waals surface area contributed by atoms with Crippen LogP contribution in [0.1, 0.15) is 32.4 Å². The van der Waals surface area contributed by atoms with Gasteiger partial charge in [0, 0.05) is 36.2 Å². The van der Waals surface area contributed by atoms with Gasteiger partial charge in [-0.3, -0.25) is 4.90 Å². The minimum atomic E-state index is -0.588. The molecule has 1 aromatic carbocycles. The summed E-state index contributed by atoms with van der Waals surface area (Å²) >= 11 is 3.49. The van der Waals surface area contributed by atoms with E-state index in [4.69, 9.17) is 9.47 Å². The van der Waals surface area contributed by atoms with Gasteiger partial charge in [-0.15, -0.1) is 0 Å². The fourth-order valence-corrected chi connectivity index (χ4v) is 3.68. The monoisotopic (exact) mass is 412 g/mol. The molecule has 0 saturated carbocycles. The fourth-order valence-electron chi connectivity index (χ4n) is 3.30. The number of aliphatic hydroxyl groups excluding tert-OH is 1. The quantitative estimate of drug-likeness (QED) is 0.768. The van der Waals surface area contributed by atoms with Crippen LogP contribution in [-0.2, 0) is 4.74 Å². The molecule has 138 valence electrons. The standard InChI is InChI=1S/C18H25BrN2O4/c1-18(2,3)25-17(23)21-8-6-20(7-9-21)16-13-10-12(19)4-5-15(13)24-11-14(16)22/h4-5,10,14,16,22H,6-9,11H2,1-3H3/t14-,16-/m0/s1. The van der Waals surface area contributed by atoms with Gasteiger partial charge in [0.15, 0.2) is 0 Å². The zero-order valence-electron chi connectivity index (χ0n) is 14.9. The van der Waals surface area contributed by atoms with Crippen molar-refractivity contribution in [3.05, 3.63) is 28.2 Å². The van der Waals surface area contributed by atoms with Crippen molar-refractivity contribution in [2.45, 2.75) is 38.5 Å². The van der Waals surface area contributed by atoms with Gasteiger partial charge in [0.2, 0.25) is 0 Å². The Hall–Kier alpha value is -1.31. The van der Waals surface area contributed by atoms with Crippen LogP contribution in [-0.4, -0.2) is 65.5 Å². The van der Waals surface area contributed by atoms with E-state index >= 15 is 0 Å². The van der Waals surface area contributed by atoms with Gasteiger partial charge in [-0.05, 0) is 39.0 Å². The Labute approximate surface area is 156 Å². The van der Waals surface area contributed by atoms with Crippen LogP contribution in [0.3, 0.4) is 0 Å². The predicted octanol–water partition coefficient (Wildman–Crippen LogP) is 2.80. The number of nitrogens with zero attached hydrogens (tertiary/aromatic N) is 2. The Balaban J connectivity index is 1.69. The van der Waals surface area contributed by atoms with Crippen molar-refractivity contribution >= 4 is 22.0 Å². The molecule has 2 aliphatic rings. The van der Waals surface area contributed by atoms with E-state index in [9.17, 15) is 9.90 Å². The molecule has 0 radical (unpaired) electrons. The number of carbonyl (C=O) groups is 1. The zero-order valence-corrected chi connectivity index (χ0v) is 16.5. The second-order valence-electron chi connectivity index (χ2n) is 7.51. The molecular formula is C18H25BrN2O4.